The Morgan fingerprint density at radius 2 is 2.20 bits per heavy atom. The molecule has 0 unspecified atom stereocenters. The van der Waals surface area contributed by atoms with Crippen molar-refractivity contribution in [3.05, 3.63) is 23.9 Å². The van der Waals surface area contributed by atoms with Crippen molar-refractivity contribution in [1.82, 2.24) is 10.5 Å². The summed E-state index contributed by atoms with van der Waals surface area (Å²) in [6, 6.07) is 3.71. The number of rotatable bonds is 5. The zero-order chi connectivity index (χ0) is 15.2. The normalized spacial score (nSPS) is 12.2. The minimum atomic E-state index is -0.647. The first kappa shape index (κ1) is 16.1. The summed E-state index contributed by atoms with van der Waals surface area (Å²) in [6.45, 7) is 7.10. The molecule has 0 bridgehead atoms. The Morgan fingerprint density at radius 1 is 1.50 bits per heavy atom. The fourth-order valence-electron chi connectivity index (χ4n) is 1.48. The molecule has 0 spiro atoms. The second kappa shape index (κ2) is 7.00. The fraction of sp³-hybridized carbons (Fsp3) is 0.500. The van der Waals surface area contributed by atoms with Gasteiger partial charge in [-0.3, -0.25) is 15.5 Å². The summed E-state index contributed by atoms with van der Waals surface area (Å²) in [6.07, 6.45) is 2.65. The molecular weight excluding hydrogens is 258 g/mol. The number of nitrogens with one attached hydrogen (secondary N) is 1. The first-order valence-corrected chi connectivity index (χ1v) is 6.46. The molecule has 2 N–H and O–H groups in total. The van der Waals surface area contributed by atoms with E-state index in [4.69, 9.17) is 4.74 Å². The van der Waals surface area contributed by atoms with Gasteiger partial charge in [0.25, 0.3) is 0 Å². The monoisotopic (exact) mass is 279 g/mol. The molecule has 20 heavy (non-hydrogen) atoms. The molecule has 0 aromatic carbocycles. The van der Waals surface area contributed by atoms with Crippen LogP contribution >= 0.6 is 0 Å². The number of hydroxylamine groups is 1. The highest BCUT2D eigenvalue weighted by atomic mass is 16.5. The summed E-state index contributed by atoms with van der Waals surface area (Å²) in [5, 5.41) is 9.24. The van der Waals surface area contributed by atoms with Gasteiger partial charge >= 0.3 is 5.97 Å². The number of carbonyl (C=O) groups is 1. The summed E-state index contributed by atoms with van der Waals surface area (Å²) in [5.41, 5.74) is 2.53. The van der Waals surface area contributed by atoms with Crippen LogP contribution in [0.25, 0.3) is 0 Å². The van der Waals surface area contributed by atoms with Gasteiger partial charge in [-0.2, -0.15) is 0 Å². The number of amidine groups is 1. The van der Waals surface area contributed by atoms with Crippen molar-refractivity contribution in [2.75, 3.05) is 6.61 Å². The standard InChI is InChI=1S/C14H21N3O3/c1-5-11-6-7-12(15-8-11)16-13(17-19)14(3,4)9-20-10(2)18/h6-8,19H,5,9H2,1-4H3,(H,15,16,17). The third kappa shape index (κ3) is 4.62. The Morgan fingerprint density at radius 3 is 2.65 bits per heavy atom. The van der Waals surface area contributed by atoms with E-state index < -0.39 is 5.41 Å². The predicted molar refractivity (Wildman–Crippen MR) is 76.0 cm³/mol. The summed E-state index contributed by atoms with van der Waals surface area (Å²) in [4.78, 5) is 19.3. The van der Waals surface area contributed by atoms with E-state index in [1.54, 1.807) is 26.1 Å². The van der Waals surface area contributed by atoms with E-state index in [2.05, 4.69) is 15.5 Å². The Bertz CT molecular complexity index is 481. The van der Waals surface area contributed by atoms with Gasteiger partial charge in [0.2, 0.25) is 0 Å². The van der Waals surface area contributed by atoms with Gasteiger partial charge in [0.05, 0.1) is 5.41 Å². The van der Waals surface area contributed by atoms with Crippen LogP contribution < -0.4 is 5.48 Å². The number of esters is 1. The van der Waals surface area contributed by atoms with Gasteiger partial charge in [-0.25, -0.2) is 9.98 Å². The number of pyridine rings is 1. The minimum Gasteiger partial charge on any atom is -0.465 e. The summed E-state index contributed by atoms with van der Waals surface area (Å²) >= 11 is 0. The van der Waals surface area contributed by atoms with Gasteiger partial charge in [-0.15, -0.1) is 0 Å². The van der Waals surface area contributed by atoms with Gasteiger partial charge in [0.1, 0.15) is 12.4 Å². The molecule has 0 fully saturated rings. The van der Waals surface area contributed by atoms with Crippen molar-refractivity contribution in [3.8, 4) is 0 Å². The van der Waals surface area contributed by atoms with Crippen LogP contribution in [0, 0.1) is 5.41 Å². The average molecular weight is 279 g/mol. The lowest BCUT2D eigenvalue weighted by molar-refractivity contribution is -0.142. The number of aliphatic imine (C=N–C) groups is 1. The van der Waals surface area contributed by atoms with Gasteiger partial charge < -0.3 is 4.74 Å². The smallest absolute Gasteiger partial charge is 0.302 e. The number of nitrogens with zero attached hydrogens (tertiary/aromatic N) is 2. The van der Waals surface area contributed by atoms with E-state index in [9.17, 15) is 10.0 Å². The molecule has 1 aromatic heterocycles. The van der Waals surface area contributed by atoms with Crippen LogP contribution in [0.5, 0.6) is 0 Å². The van der Waals surface area contributed by atoms with Crippen LogP contribution in [0.1, 0.15) is 33.3 Å². The number of hydrogen-bond acceptors (Lipinski definition) is 5. The summed E-state index contributed by atoms with van der Waals surface area (Å²) < 4.78 is 4.97. The number of ether oxygens (including phenoxy) is 1. The topological polar surface area (TPSA) is 83.8 Å². The number of hydrogen-bond donors (Lipinski definition) is 2. The van der Waals surface area contributed by atoms with Gasteiger partial charge in [0, 0.05) is 13.1 Å². The highest BCUT2D eigenvalue weighted by Gasteiger charge is 2.27. The fourth-order valence-corrected chi connectivity index (χ4v) is 1.48. The van der Waals surface area contributed by atoms with Crippen LogP contribution in [0.2, 0.25) is 0 Å². The molecule has 1 heterocycles. The molecule has 0 amide bonds. The maximum atomic E-state index is 10.9. The zero-order valence-corrected chi connectivity index (χ0v) is 12.3. The quantitative estimate of drug-likeness (QED) is 0.374. The lowest BCUT2D eigenvalue weighted by Gasteiger charge is -2.24. The van der Waals surface area contributed by atoms with E-state index in [-0.39, 0.29) is 18.4 Å². The third-order valence-corrected chi connectivity index (χ3v) is 2.83. The lowest BCUT2D eigenvalue weighted by Crippen LogP contribution is -2.39. The molecule has 1 rings (SSSR count). The van der Waals surface area contributed by atoms with Crippen molar-refractivity contribution in [3.63, 3.8) is 0 Å². The Kier molecular flexibility index (Phi) is 5.64. The molecule has 6 heteroatoms. The highest BCUT2D eigenvalue weighted by molar-refractivity contribution is 5.88. The van der Waals surface area contributed by atoms with Gasteiger partial charge in [-0.05, 0) is 31.9 Å². The van der Waals surface area contributed by atoms with Crippen molar-refractivity contribution >= 4 is 17.6 Å². The van der Waals surface area contributed by atoms with Gasteiger partial charge in [-0.1, -0.05) is 13.0 Å². The molecule has 110 valence electrons. The van der Waals surface area contributed by atoms with Crippen LogP contribution in [0.15, 0.2) is 23.3 Å². The SMILES string of the molecule is CCc1ccc(N=C(NO)C(C)(C)COC(C)=O)nc1. The van der Waals surface area contributed by atoms with E-state index in [0.717, 1.165) is 12.0 Å². The van der Waals surface area contributed by atoms with E-state index in [1.807, 2.05) is 13.0 Å². The van der Waals surface area contributed by atoms with Crippen LogP contribution in [-0.4, -0.2) is 28.6 Å². The van der Waals surface area contributed by atoms with Crippen molar-refractivity contribution in [2.24, 2.45) is 10.4 Å². The van der Waals surface area contributed by atoms with Crippen molar-refractivity contribution in [2.45, 2.75) is 34.1 Å². The van der Waals surface area contributed by atoms with Crippen molar-refractivity contribution < 1.29 is 14.7 Å². The van der Waals surface area contributed by atoms with Crippen LogP contribution in [0.3, 0.4) is 0 Å². The maximum Gasteiger partial charge on any atom is 0.302 e. The van der Waals surface area contributed by atoms with Crippen molar-refractivity contribution in [1.29, 1.82) is 0 Å². The molecule has 0 saturated carbocycles. The second-order valence-electron chi connectivity index (χ2n) is 5.11. The predicted octanol–water partition coefficient (Wildman–Crippen LogP) is 2.24. The Balaban J connectivity index is 2.91. The highest BCUT2D eigenvalue weighted by Crippen LogP contribution is 2.20. The van der Waals surface area contributed by atoms with E-state index >= 15 is 0 Å². The van der Waals surface area contributed by atoms with Crippen LogP contribution in [-0.2, 0) is 16.0 Å². The minimum absolute atomic E-state index is 0.113. The van der Waals surface area contributed by atoms with E-state index in [1.165, 1.54) is 6.92 Å². The second-order valence-corrected chi connectivity index (χ2v) is 5.11. The van der Waals surface area contributed by atoms with Crippen LogP contribution in [0.4, 0.5) is 5.82 Å². The maximum absolute atomic E-state index is 10.9. The van der Waals surface area contributed by atoms with Gasteiger partial charge in [0.15, 0.2) is 5.82 Å². The molecule has 6 nitrogen and oxygen atoms in total. The third-order valence-electron chi connectivity index (χ3n) is 2.83. The molecule has 0 aliphatic heterocycles. The Hall–Kier alpha value is -1.95. The summed E-state index contributed by atoms with van der Waals surface area (Å²) in [7, 11) is 0. The molecule has 0 radical (unpaired) electrons. The first-order chi connectivity index (χ1) is 9.39. The molecule has 1 aromatic rings. The first-order valence-electron chi connectivity index (χ1n) is 6.46. The molecular formula is C14H21N3O3. The number of aromatic nitrogens is 1. The average Bonchev–Trinajstić information content (AvgIpc) is 2.43. The largest absolute Gasteiger partial charge is 0.465 e. The summed E-state index contributed by atoms with van der Waals surface area (Å²) in [5.74, 6) is 0.394. The Labute approximate surface area is 118 Å². The molecule has 0 aliphatic rings. The molecule has 0 aliphatic carbocycles. The number of carbonyl (C=O) groups excluding carboxylic acids is 1. The van der Waals surface area contributed by atoms with E-state index in [0.29, 0.717) is 5.82 Å². The number of aryl methyl sites for hydroxylation is 1. The molecule has 0 atom stereocenters. The molecule has 0 saturated heterocycles. The lowest BCUT2D eigenvalue weighted by atomic mass is 9.93. The zero-order valence-electron chi connectivity index (χ0n) is 12.3.